The van der Waals surface area contributed by atoms with Gasteiger partial charge in [0.05, 0.1) is 17.7 Å². The van der Waals surface area contributed by atoms with Crippen molar-refractivity contribution in [2.24, 2.45) is 7.05 Å². The van der Waals surface area contributed by atoms with E-state index >= 15 is 0 Å². The first-order valence-electron chi connectivity index (χ1n) is 5.10. The molecular weight excluding hydrogens is 202 g/mol. The highest BCUT2D eigenvalue weighted by molar-refractivity contribution is 5.98. The summed E-state index contributed by atoms with van der Waals surface area (Å²) >= 11 is 0. The van der Waals surface area contributed by atoms with Gasteiger partial charge >= 0.3 is 0 Å². The summed E-state index contributed by atoms with van der Waals surface area (Å²) in [7, 11) is 1.81. The lowest BCUT2D eigenvalue weighted by molar-refractivity contribution is 0.0991. The monoisotopic (exact) mass is 215 g/mol. The lowest BCUT2D eigenvalue weighted by atomic mass is 10.1. The van der Waals surface area contributed by atoms with Crippen LogP contribution >= 0.6 is 0 Å². The van der Waals surface area contributed by atoms with E-state index in [1.54, 1.807) is 17.1 Å². The quantitative estimate of drug-likeness (QED) is 0.730. The number of aryl methyl sites for hydroxylation is 2. The van der Waals surface area contributed by atoms with Crippen molar-refractivity contribution in [2.45, 2.75) is 13.3 Å². The van der Waals surface area contributed by atoms with Gasteiger partial charge in [0.1, 0.15) is 0 Å². The molecule has 2 heterocycles. The highest BCUT2D eigenvalue weighted by atomic mass is 16.1. The Labute approximate surface area is 93.9 Å². The number of ketones is 1. The van der Waals surface area contributed by atoms with Crippen LogP contribution in [0, 0.1) is 6.92 Å². The van der Waals surface area contributed by atoms with E-state index in [0.717, 1.165) is 11.4 Å². The number of carbonyl (C=O) groups is 1. The molecule has 0 N–H and O–H groups in total. The van der Waals surface area contributed by atoms with Gasteiger partial charge in [-0.15, -0.1) is 0 Å². The van der Waals surface area contributed by atoms with Crippen LogP contribution in [0.25, 0.3) is 0 Å². The van der Waals surface area contributed by atoms with Crippen molar-refractivity contribution in [1.82, 2.24) is 14.8 Å². The van der Waals surface area contributed by atoms with Crippen molar-refractivity contribution in [3.63, 3.8) is 0 Å². The van der Waals surface area contributed by atoms with E-state index in [0.29, 0.717) is 12.0 Å². The molecule has 82 valence electrons. The molecule has 0 aliphatic rings. The van der Waals surface area contributed by atoms with E-state index < -0.39 is 0 Å². The molecule has 0 unspecified atom stereocenters. The zero-order valence-electron chi connectivity index (χ0n) is 9.34. The van der Waals surface area contributed by atoms with Crippen LogP contribution in [-0.4, -0.2) is 20.5 Å². The Kier molecular flexibility index (Phi) is 2.81. The molecule has 2 rings (SSSR count). The number of aromatic nitrogens is 3. The van der Waals surface area contributed by atoms with Crippen molar-refractivity contribution in [1.29, 1.82) is 0 Å². The number of Topliss-reactive ketones (excluding diaryl/α,β-unsaturated/α-hetero) is 1. The number of hydrogen-bond donors (Lipinski definition) is 0. The Balaban J connectivity index is 2.18. The van der Waals surface area contributed by atoms with Gasteiger partial charge in [-0.1, -0.05) is 6.07 Å². The van der Waals surface area contributed by atoms with Crippen molar-refractivity contribution >= 4 is 5.78 Å². The summed E-state index contributed by atoms with van der Waals surface area (Å²) in [5, 5.41) is 4.15. The van der Waals surface area contributed by atoms with E-state index in [-0.39, 0.29) is 5.78 Å². The summed E-state index contributed by atoms with van der Waals surface area (Å²) < 4.78 is 1.65. The Hall–Kier alpha value is -1.97. The average Bonchev–Trinajstić information content (AvgIpc) is 2.59. The second kappa shape index (κ2) is 4.26. The number of carbonyl (C=O) groups excluding carboxylic acids is 1. The molecule has 0 amide bonds. The molecule has 2 aromatic heterocycles. The van der Waals surface area contributed by atoms with E-state index in [1.807, 2.05) is 32.2 Å². The van der Waals surface area contributed by atoms with Crippen molar-refractivity contribution in [3.05, 3.63) is 47.5 Å². The molecule has 0 aliphatic carbocycles. The van der Waals surface area contributed by atoms with Crippen molar-refractivity contribution in [2.75, 3.05) is 0 Å². The number of rotatable bonds is 3. The van der Waals surface area contributed by atoms with Gasteiger partial charge in [0.25, 0.3) is 0 Å². The molecule has 0 saturated heterocycles. The molecule has 0 bridgehead atoms. The van der Waals surface area contributed by atoms with Crippen LogP contribution < -0.4 is 0 Å². The Morgan fingerprint density at radius 3 is 2.81 bits per heavy atom. The third-order valence-electron chi connectivity index (χ3n) is 2.38. The van der Waals surface area contributed by atoms with Gasteiger partial charge < -0.3 is 0 Å². The minimum atomic E-state index is 0.0595. The average molecular weight is 215 g/mol. The molecule has 0 fully saturated rings. The highest BCUT2D eigenvalue weighted by Gasteiger charge is 2.13. The molecule has 0 aliphatic heterocycles. The first-order valence-corrected chi connectivity index (χ1v) is 5.10. The van der Waals surface area contributed by atoms with Gasteiger partial charge in [0, 0.05) is 25.1 Å². The normalized spacial score (nSPS) is 10.4. The van der Waals surface area contributed by atoms with Crippen molar-refractivity contribution < 1.29 is 4.79 Å². The van der Waals surface area contributed by atoms with E-state index in [2.05, 4.69) is 10.1 Å². The summed E-state index contributed by atoms with van der Waals surface area (Å²) in [5.41, 5.74) is 2.23. The lowest BCUT2D eigenvalue weighted by Crippen LogP contribution is -2.05. The summed E-state index contributed by atoms with van der Waals surface area (Å²) in [5.74, 6) is 0.0595. The fourth-order valence-corrected chi connectivity index (χ4v) is 1.64. The third kappa shape index (κ3) is 2.16. The second-order valence-electron chi connectivity index (χ2n) is 3.72. The van der Waals surface area contributed by atoms with Crippen LogP contribution in [0.2, 0.25) is 0 Å². The Morgan fingerprint density at radius 1 is 1.44 bits per heavy atom. The summed E-state index contributed by atoms with van der Waals surface area (Å²) in [6.45, 7) is 1.84. The lowest BCUT2D eigenvalue weighted by Gasteiger charge is -1.98. The van der Waals surface area contributed by atoms with Crippen LogP contribution in [-0.2, 0) is 13.5 Å². The van der Waals surface area contributed by atoms with Crippen LogP contribution in [0.5, 0.6) is 0 Å². The van der Waals surface area contributed by atoms with Crippen LogP contribution in [0.1, 0.15) is 21.7 Å². The first kappa shape index (κ1) is 10.5. The predicted molar refractivity (Wildman–Crippen MR) is 60.2 cm³/mol. The van der Waals surface area contributed by atoms with Gasteiger partial charge in [-0.3, -0.25) is 14.5 Å². The minimum Gasteiger partial charge on any atom is -0.294 e. The highest BCUT2D eigenvalue weighted by Crippen LogP contribution is 2.09. The molecule has 4 heteroatoms. The van der Waals surface area contributed by atoms with Gasteiger partial charge in [0.15, 0.2) is 5.78 Å². The van der Waals surface area contributed by atoms with E-state index in [1.165, 1.54) is 0 Å². The number of nitrogens with zero attached hydrogens (tertiary/aromatic N) is 3. The SMILES string of the molecule is Cc1nn(C)cc1C(=O)Cc1ccccn1. The minimum absolute atomic E-state index is 0.0595. The standard InChI is InChI=1S/C12H13N3O/c1-9-11(8-15(2)14-9)12(16)7-10-5-3-4-6-13-10/h3-6,8H,7H2,1-2H3. The zero-order chi connectivity index (χ0) is 11.5. The third-order valence-corrected chi connectivity index (χ3v) is 2.38. The molecule has 0 radical (unpaired) electrons. The van der Waals surface area contributed by atoms with Gasteiger partial charge in [-0.25, -0.2) is 0 Å². The molecule has 0 spiro atoms. The summed E-state index contributed by atoms with van der Waals surface area (Å²) in [6.07, 6.45) is 3.77. The first-order chi connectivity index (χ1) is 7.66. The topological polar surface area (TPSA) is 47.8 Å². The largest absolute Gasteiger partial charge is 0.294 e. The molecular formula is C12H13N3O. The van der Waals surface area contributed by atoms with Crippen LogP contribution in [0.15, 0.2) is 30.6 Å². The molecule has 0 aromatic carbocycles. The maximum absolute atomic E-state index is 12.0. The molecule has 16 heavy (non-hydrogen) atoms. The predicted octanol–water partition coefficient (Wildman–Crippen LogP) is 1.55. The summed E-state index contributed by atoms with van der Waals surface area (Å²) in [6, 6.07) is 5.57. The van der Waals surface area contributed by atoms with Gasteiger partial charge in [-0.05, 0) is 19.1 Å². The van der Waals surface area contributed by atoms with E-state index in [4.69, 9.17) is 0 Å². The van der Waals surface area contributed by atoms with Gasteiger partial charge in [0.2, 0.25) is 0 Å². The summed E-state index contributed by atoms with van der Waals surface area (Å²) in [4.78, 5) is 16.1. The molecule has 2 aromatic rings. The fourth-order valence-electron chi connectivity index (χ4n) is 1.64. The van der Waals surface area contributed by atoms with Crippen LogP contribution in [0.3, 0.4) is 0 Å². The number of pyridine rings is 1. The Bertz CT molecular complexity index is 502. The maximum atomic E-state index is 12.0. The second-order valence-corrected chi connectivity index (χ2v) is 3.72. The van der Waals surface area contributed by atoms with Gasteiger partial charge in [-0.2, -0.15) is 5.10 Å². The number of hydrogen-bond acceptors (Lipinski definition) is 3. The van der Waals surface area contributed by atoms with Crippen LogP contribution in [0.4, 0.5) is 0 Å². The smallest absolute Gasteiger partial charge is 0.172 e. The Morgan fingerprint density at radius 2 is 2.25 bits per heavy atom. The van der Waals surface area contributed by atoms with E-state index in [9.17, 15) is 4.79 Å². The molecule has 4 nitrogen and oxygen atoms in total. The molecule has 0 saturated carbocycles. The van der Waals surface area contributed by atoms with Crippen molar-refractivity contribution in [3.8, 4) is 0 Å². The maximum Gasteiger partial charge on any atom is 0.172 e. The zero-order valence-corrected chi connectivity index (χ0v) is 9.34. The molecule has 0 atom stereocenters. The fraction of sp³-hybridized carbons (Fsp3) is 0.250.